The summed E-state index contributed by atoms with van der Waals surface area (Å²) >= 11 is 11.7. The Morgan fingerprint density at radius 3 is 2.46 bits per heavy atom. The van der Waals surface area contributed by atoms with Crippen LogP contribution in [0.15, 0.2) is 18.2 Å². The van der Waals surface area contributed by atoms with Gasteiger partial charge in [0.15, 0.2) is 0 Å². The Morgan fingerprint density at radius 2 is 2.00 bits per heavy atom. The summed E-state index contributed by atoms with van der Waals surface area (Å²) in [6, 6.07) is 5.22. The van der Waals surface area contributed by atoms with E-state index in [0.29, 0.717) is 10.0 Å². The molecule has 0 amide bonds. The highest BCUT2D eigenvalue weighted by Gasteiger charge is 2.46. The summed E-state index contributed by atoms with van der Waals surface area (Å²) in [6.07, 6.45) is 3.74. The molecule has 1 aliphatic carbocycles. The molecule has 2 rings (SSSR count). The first-order valence-corrected chi connectivity index (χ1v) is 4.78. The zero-order valence-corrected chi connectivity index (χ0v) is 8.32. The number of hydrogen-bond donors (Lipinski definition) is 0. The van der Waals surface area contributed by atoms with E-state index < -0.39 is 5.41 Å². The van der Waals surface area contributed by atoms with Gasteiger partial charge in [0.05, 0.1) is 5.41 Å². The highest BCUT2D eigenvalue weighted by molar-refractivity contribution is 6.35. The molecule has 1 aromatic rings. The molecule has 0 saturated heterocycles. The van der Waals surface area contributed by atoms with Gasteiger partial charge in [-0.1, -0.05) is 29.3 Å². The van der Waals surface area contributed by atoms with Gasteiger partial charge < -0.3 is 0 Å². The first-order valence-electron chi connectivity index (χ1n) is 4.03. The minimum Gasteiger partial charge on any atom is -0.290 e. The van der Waals surface area contributed by atoms with Gasteiger partial charge in [-0.2, -0.15) is 0 Å². The van der Waals surface area contributed by atoms with Gasteiger partial charge >= 0.3 is 0 Å². The van der Waals surface area contributed by atoms with Crippen LogP contribution in [0.1, 0.15) is 18.4 Å². The van der Waals surface area contributed by atoms with Crippen LogP contribution in [0.2, 0.25) is 10.0 Å². The third-order valence-corrected chi connectivity index (χ3v) is 2.94. The van der Waals surface area contributed by atoms with Crippen molar-refractivity contribution in [2.24, 2.45) is 0 Å². The largest absolute Gasteiger partial charge is 0.290 e. The molecule has 0 spiro atoms. The summed E-state index contributed by atoms with van der Waals surface area (Å²) in [4.78, 5) is 10.7. The number of benzene rings is 1. The zero-order chi connectivity index (χ0) is 9.47. The third-order valence-electron chi connectivity index (χ3n) is 2.39. The Hall–Kier alpha value is -0.530. The molecule has 0 atom stereocenters. The lowest BCUT2D eigenvalue weighted by atomic mass is 9.98. The Kier molecular flexibility index (Phi) is 2.09. The lowest BCUT2D eigenvalue weighted by Gasteiger charge is -2.08. The fraction of sp³-hybridized carbons (Fsp3) is 0.300. The second kappa shape index (κ2) is 3.00. The van der Waals surface area contributed by atoms with E-state index >= 15 is 0 Å². The summed E-state index contributed by atoms with van der Waals surface area (Å²) in [5.41, 5.74) is 0.426. The van der Waals surface area contributed by atoms with Crippen LogP contribution in [-0.2, 0) is 10.2 Å². The SMILES string of the molecule is O=[C]C1(c2ccc(Cl)cc2Cl)CC1. The summed E-state index contributed by atoms with van der Waals surface area (Å²) in [5, 5.41) is 1.16. The molecule has 1 nitrogen and oxygen atoms in total. The van der Waals surface area contributed by atoms with Crippen LogP contribution < -0.4 is 0 Å². The van der Waals surface area contributed by atoms with E-state index in [1.807, 2.05) is 6.07 Å². The van der Waals surface area contributed by atoms with Gasteiger partial charge in [-0.15, -0.1) is 0 Å². The van der Waals surface area contributed by atoms with E-state index in [2.05, 4.69) is 6.29 Å². The molecule has 0 heterocycles. The van der Waals surface area contributed by atoms with Crippen molar-refractivity contribution in [3.8, 4) is 0 Å². The van der Waals surface area contributed by atoms with E-state index in [0.717, 1.165) is 18.4 Å². The second-order valence-electron chi connectivity index (χ2n) is 3.31. The molecule has 0 aliphatic heterocycles. The van der Waals surface area contributed by atoms with Crippen LogP contribution in [0.3, 0.4) is 0 Å². The molecule has 0 bridgehead atoms. The van der Waals surface area contributed by atoms with Crippen molar-refractivity contribution in [3.05, 3.63) is 33.8 Å². The lowest BCUT2D eigenvalue weighted by molar-refractivity contribution is 0.540. The van der Waals surface area contributed by atoms with Gasteiger partial charge in [0.2, 0.25) is 6.29 Å². The van der Waals surface area contributed by atoms with E-state index in [4.69, 9.17) is 23.2 Å². The molecular weight excluding hydrogens is 207 g/mol. The molecule has 67 valence electrons. The third kappa shape index (κ3) is 1.47. The first-order chi connectivity index (χ1) is 6.18. The van der Waals surface area contributed by atoms with Crippen molar-refractivity contribution in [2.45, 2.75) is 18.3 Å². The fourth-order valence-corrected chi connectivity index (χ4v) is 2.02. The van der Waals surface area contributed by atoms with Gasteiger partial charge in [0.25, 0.3) is 0 Å². The lowest BCUT2D eigenvalue weighted by Crippen LogP contribution is -2.08. The molecule has 1 aliphatic rings. The summed E-state index contributed by atoms with van der Waals surface area (Å²) in [7, 11) is 0. The minimum atomic E-state index is -0.429. The highest BCUT2D eigenvalue weighted by atomic mass is 35.5. The Labute approximate surface area is 86.7 Å². The van der Waals surface area contributed by atoms with Gasteiger partial charge in [-0.3, -0.25) is 4.79 Å². The zero-order valence-electron chi connectivity index (χ0n) is 6.81. The van der Waals surface area contributed by atoms with Crippen molar-refractivity contribution in [2.75, 3.05) is 0 Å². The van der Waals surface area contributed by atoms with Crippen molar-refractivity contribution in [1.82, 2.24) is 0 Å². The van der Waals surface area contributed by atoms with Gasteiger partial charge in [-0.25, -0.2) is 0 Å². The molecule has 0 N–H and O–H groups in total. The molecule has 0 aromatic heterocycles. The Balaban J connectivity index is 2.47. The van der Waals surface area contributed by atoms with Crippen LogP contribution in [0.4, 0.5) is 0 Å². The molecule has 1 fully saturated rings. The Morgan fingerprint density at radius 1 is 1.31 bits per heavy atom. The maximum atomic E-state index is 10.7. The van der Waals surface area contributed by atoms with Gasteiger partial charge in [0, 0.05) is 10.0 Å². The van der Waals surface area contributed by atoms with E-state index in [1.165, 1.54) is 0 Å². The predicted molar refractivity (Wildman–Crippen MR) is 53.1 cm³/mol. The van der Waals surface area contributed by atoms with Gasteiger partial charge in [0.1, 0.15) is 0 Å². The number of halogens is 2. The number of hydrogen-bond acceptors (Lipinski definition) is 1. The van der Waals surface area contributed by atoms with Crippen molar-refractivity contribution in [1.29, 1.82) is 0 Å². The minimum absolute atomic E-state index is 0.429. The molecule has 13 heavy (non-hydrogen) atoms. The molecule has 1 radical (unpaired) electrons. The van der Waals surface area contributed by atoms with E-state index in [1.54, 1.807) is 12.1 Å². The fourth-order valence-electron chi connectivity index (χ4n) is 1.43. The molecule has 3 heteroatoms. The second-order valence-corrected chi connectivity index (χ2v) is 4.15. The smallest absolute Gasteiger partial charge is 0.209 e. The van der Waals surface area contributed by atoms with Crippen LogP contribution in [0.25, 0.3) is 0 Å². The predicted octanol–water partition coefficient (Wildman–Crippen LogP) is 3.13. The summed E-state index contributed by atoms with van der Waals surface area (Å²) < 4.78 is 0. The standard InChI is InChI=1S/C10H7Cl2O/c11-7-1-2-8(9(12)5-7)10(6-13)3-4-10/h1-2,5H,3-4H2. The first kappa shape index (κ1) is 9.04. The number of rotatable bonds is 2. The molecule has 1 saturated carbocycles. The monoisotopic (exact) mass is 213 g/mol. The molecule has 0 unspecified atom stereocenters. The summed E-state index contributed by atoms with van der Waals surface area (Å²) in [6.45, 7) is 0. The van der Waals surface area contributed by atoms with Crippen molar-refractivity contribution >= 4 is 29.5 Å². The number of carbonyl (C=O) groups excluding carboxylic acids is 1. The van der Waals surface area contributed by atoms with E-state index in [-0.39, 0.29) is 0 Å². The molecular formula is C10H7Cl2O. The highest BCUT2D eigenvalue weighted by Crippen LogP contribution is 2.48. The van der Waals surface area contributed by atoms with Crippen molar-refractivity contribution in [3.63, 3.8) is 0 Å². The van der Waals surface area contributed by atoms with Crippen LogP contribution in [0, 0.1) is 0 Å². The average Bonchev–Trinajstić information content (AvgIpc) is 2.85. The molecule has 1 aromatic carbocycles. The van der Waals surface area contributed by atoms with Crippen LogP contribution >= 0.6 is 23.2 Å². The van der Waals surface area contributed by atoms with Crippen LogP contribution in [0.5, 0.6) is 0 Å². The van der Waals surface area contributed by atoms with E-state index in [9.17, 15) is 4.79 Å². The quantitative estimate of drug-likeness (QED) is 0.738. The Bertz CT molecular complexity index is 356. The maximum Gasteiger partial charge on any atom is 0.209 e. The van der Waals surface area contributed by atoms with Crippen LogP contribution in [-0.4, -0.2) is 6.29 Å². The summed E-state index contributed by atoms with van der Waals surface area (Å²) in [5.74, 6) is 0. The van der Waals surface area contributed by atoms with Gasteiger partial charge in [-0.05, 0) is 30.5 Å². The van der Waals surface area contributed by atoms with Crippen molar-refractivity contribution < 1.29 is 4.79 Å². The average molecular weight is 214 g/mol. The topological polar surface area (TPSA) is 17.1 Å². The maximum absolute atomic E-state index is 10.7. The normalized spacial score (nSPS) is 18.3.